The second-order valence-electron chi connectivity index (χ2n) is 7.15. The highest BCUT2D eigenvalue weighted by atomic mass is 16.4. The summed E-state index contributed by atoms with van der Waals surface area (Å²) >= 11 is 0. The van der Waals surface area contributed by atoms with Gasteiger partial charge in [-0.1, -0.05) is 6.92 Å². The fraction of sp³-hybridized carbons (Fsp3) is 0.824. The second kappa shape index (κ2) is 7.09. The van der Waals surface area contributed by atoms with E-state index in [0.29, 0.717) is 32.1 Å². The van der Waals surface area contributed by atoms with E-state index in [2.05, 4.69) is 11.8 Å². The van der Waals surface area contributed by atoms with E-state index in [0.717, 1.165) is 32.4 Å². The van der Waals surface area contributed by atoms with Gasteiger partial charge in [0.2, 0.25) is 11.8 Å². The first-order chi connectivity index (χ1) is 11.5. The van der Waals surface area contributed by atoms with Gasteiger partial charge in [0.25, 0.3) is 0 Å². The Balaban J connectivity index is 1.60. The number of rotatable bonds is 5. The predicted molar refractivity (Wildman–Crippen MR) is 87.3 cm³/mol. The summed E-state index contributed by atoms with van der Waals surface area (Å²) in [7, 11) is 0. The van der Waals surface area contributed by atoms with Gasteiger partial charge in [-0.15, -0.1) is 0 Å². The molecule has 3 aliphatic heterocycles. The molecule has 134 valence electrons. The Morgan fingerprint density at radius 3 is 2.67 bits per heavy atom. The molecule has 3 fully saturated rings. The summed E-state index contributed by atoms with van der Waals surface area (Å²) in [5.74, 6) is -1.45. The van der Waals surface area contributed by atoms with Gasteiger partial charge in [-0.3, -0.25) is 14.5 Å². The lowest BCUT2D eigenvalue weighted by Gasteiger charge is -2.28. The van der Waals surface area contributed by atoms with E-state index in [1.807, 2.05) is 4.90 Å². The number of hydrogen-bond donors (Lipinski definition) is 1. The van der Waals surface area contributed by atoms with Gasteiger partial charge in [-0.2, -0.15) is 0 Å². The molecule has 0 spiro atoms. The number of carboxylic acids is 1. The maximum absolute atomic E-state index is 12.7. The van der Waals surface area contributed by atoms with Crippen LogP contribution in [0.25, 0.3) is 0 Å². The Morgan fingerprint density at radius 2 is 1.96 bits per heavy atom. The number of likely N-dealkylation sites (N-methyl/N-ethyl adjacent to an activating group) is 1. The number of amides is 2. The zero-order chi connectivity index (χ0) is 17.3. The Morgan fingerprint density at radius 1 is 1.21 bits per heavy atom. The van der Waals surface area contributed by atoms with Crippen molar-refractivity contribution in [2.75, 3.05) is 32.7 Å². The van der Waals surface area contributed by atoms with Crippen LogP contribution in [0.3, 0.4) is 0 Å². The van der Waals surface area contributed by atoms with E-state index in [-0.39, 0.29) is 24.2 Å². The van der Waals surface area contributed by atoms with Gasteiger partial charge in [-0.05, 0) is 38.8 Å². The molecule has 24 heavy (non-hydrogen) atoms. The van der Waals surface area contributed by atoms with Gasteiger partial charge < -0.3 is 14.9 Å². The van der Waals surface area contributed by atoms with Crippen molar-refractivity contribution in [1.29, 1.82) is 0 Å². The summed E-state index contributed by atoms with van der Waals surface area (Å²) in [5.41, 5.74) is 0. The van der Waals surface area contributed by atoms with Crippen LogP contribution in [0.1, 0.15) is 39.0 Å². The first-order valence-electron chi connectivity index (χ1n) is 9.06. The summed E-state index contributed by atoms with van der Waals surface area (Å²) in [5, 5.41) is 9.25. The van der Waals surface area contributed by atoms with Crippen LogP contribution in [0, 0.1) is 5.92 Å². The molecule has 3 rings (SSSR count). The molecule has 2 amide bonds. The summed E-state index contributed by atoms with van der Waals surface area (Å²) in [6.45, 7) is 5.83. The molecule has 0 aromatic rings. The van der Waals surface area contributed by atoms with E-state index in [4.69, 9.17) is 0 Å². The molecule has 3 aliphatic rings. The third kappa shape index (κ3) is 3.27. The van der Waals surface area contributed by atoms with Crippen LogP contribution in [-0.4, -0.2) is 82.4 Å². The number of carbonyl (C=O) groups excluding carboxylic acids is 2. The SMILES string of the molecule is CCN1CCC[C@@H]1CN1C[C@H](C(=O)N2CCC[C@@H]2C(=O)O)CC1=O. The Kier molecular flexibility index (Phi) is 5.08. The third-order valence-corrected chi connectivity index (χ3v) is 5.72. The first-order valence-corrected chi connectivity index (χ1v) is 9.06. The summed E-state index contributed by atoms with van der Waals surface area (Å²) in [6.07, 6.45) is 3.72. The molecule has 3 saturated heterocycles. The molecule has 0 aromatic heterocycles. The normalized spacial score (nSPS) is 31.2. The van der Waals surface area contributed by atoms with Gasteiger partial charge in [-0.25, -0.2) is 4.79 Å². The van der Waals surface area contributed by atoms with Crippen LogP contribution >= 0.6 is 0 Å². The van der Waals surface area contributed by atoms with Crippen molar-refractivity contribution in [2.24, 2.45) is 5.92 Å². The molecule has 0 unspecified atom stereocenters. The molecule has 1 N–H and O–H groups in total. The number of carbonyl (C=O) groups is 3. The largest absolute Gasteiger partial charge is 0.480 e. The molecule has 0 saturated carbocycles. The zero-order valence-corrected chi connectivity index (χ0v) is 14.3. The highest BCUT2D eigenvalue weighted by Crippen LogP contribution is 2.27. The molecule has 3 heterocycles. The minimum atomic E-state index is -0.938. The average molecular weight is 337 g/mol. The topological polar surface area (TPSA) is 81.2 Å². The summed E-state index contributed by atoms with van der Waals surface area (Å²) < 4.78 is 0. The van der Waals surface area contributed by atoms with Crippen molar-refractivity contribution in [2.45, 2.75) is 51.1 Å². The number of carboxylic acid groups (broad SMARTS) is 1. The van der Waals surface area contributed by atoms with Crippen LogP contribution in [0.4, 0.5) is 0 Å². The van der Waals surface area contributed by atoms with Gasteiger partial charge in [0, 0.05) is 32.1 Å². The van der Waals surface area contributed by atoms with Crippen LogP contribution in [0.5, 0.6) is 0 Å². The van der Waals surface area contributed by atoms with E-state index in [1.165, 1.54) is 4.90 Å². The lowest BCUT2D eigenvalue weighted by atomic mass is 10.1. The maximum Gasteiger partial charge on any atom is 0.326 e. The Hall–Kier alpha value is -1.63. The van der Waals surface area contributed by atoms with E-state index >= 15 is 0 Å². The third-order valence-electron chi connectivity index (χ3n) is 5.72. The van der Waals surface area contributed by atoms with Crippen molar-refractivity contribution >= 4 is 17.8 Å². The molecule has 0 radical (unpaired) electrons. The van der Waals surface area contributed by atoms with Crippen LogP contribution in [0.15, 0.2) is 0 Å². The van der Waals surface area contributed by atoms with Crippen molar-refractivity contribution in [3.63, 3.8) is 0 Å². The van der Waals surface area contributed by atoms with Gasteiger partial charge >= 0.3 is 5.97 Å². The highest BCUT2D eigenvalue weighted by molar-refractivity contribution is 5.91. The summed E-state index contributed by atoms with van der Waals surface area (Å²) in [4.78, 5) is 42.0. The molecule has 7 heteroatoms. The van der Waals surface area contributed by atoms with Gasteiger partial charge in [0.15, 0.2) is 0 Å². The predicted octanol–water partition coefficient (Wildman–Crippen LogP) is 0.395. The Bertz CT molecular complexity index is 524. The smallest absolute Gasteiger partial charge is 0.326 e. The zero-order valence-electron chi connectivity index (χ0n) is 14.3. The fourth-order valence-electron chi connectivity index (χ4n) is 4.41. The molecule has 7 nitrogen and oxygen atoms in total. The van der Waals surface area contributed by atoms with Crippen molar-refractivity contribution in [3.8, 4) is 0 Å². The monoisotopic (exact) mass is 337 g/mol. The minimum absolute atomic E-state index is 0.0300. The lowest BCUT2D eigenvalue weighted by molar-refractivity contribution is -0.149. The molecular weight excluding hydrogens is 310 g/mol. The van der Waals surface area contributed by atoms with E-state index in [1.54, 1.807) is 0 Å². The van der Waals surface area contributed by atoms with Crippen LogP contribution < -0.4 is 0 Å². The molecule has 3 atom stereocenters. The average Bonchev–Trinajstić information content (AvgIpc) is 3.27. The van der Waals surface area contributed by atoms with E-state index in [9.17, 15) is 19.5 Å². The van der Waals surface area contributed by atoms with Crippen molar-refractivity contribution < 1.29 is 19.5 Å². The first kappa shape index (κ1) is 17.2. The van der Waals surface area contributed by atoms with Crippen molar-refractivity contribution in [3.05, 3.63) is 0 Å². The maximum atomic E-state index is 12.7. The number of likely N-dealkylation sites (tertiary alicyclic amines) is 3. The van der Waals surface area contributed by atoms with Gasteiger partial charge in [0.05, 0.1) is 5.92 Å². The minimum Gasteiger partial charge on any atom is -0.480 e. The Labute approximate surface area is 142 Å². The lowest BCUT2D eigenvalue weighted by Crippen LogP contribution is -2.45. The quantitative estimate of drug-likeness (QED) is 0.785. The number of aliphatic carboxylic acids is 1. The standard InChI is InChI=1S/C17H27N3O4/c1-2-18-7-3-5-13(18)11-19-10-12(9-15(19)21)16(22)20-8-4-6-14(20)17(23)24/h12-14H,2-11H2,1H3,(H,23,24)/t12-,13-,14-/m1/s1. The van der Waals surface area contributed by atoms with Crippen molar-refractivity contribution in [1.82, 2.24) is 14.7 Å². The van der Waals surface area contributed by atoms with Crippen LogP contribution in [0.2, 0.25) is 0 Å². The van der Waals surface area contributed by atoms with Crippen LogP contribution in [-0.2, 0) is 14.4 Å². The molecule has 0 aliphatic carbocycles. The van der Waals surface area contributed by atoms with E-state index < -0.39 is 12.0 Å². The fourth-order valence-corrected chi connectivity index (χ4v) is 4.41. The second-order valence-corrected chi connectivity index (χ2v) is 7.15. The summed E-state index contributed by atoms with van der Waals surface area (Å²) in [6, 6.07) is -0.321. The molecular formula is C17H27N3O4. The number of hydrogen-bond acceptors (Lipinski definition) is 4. The highest BCUT2D eigenvalue weighted by Gasteiger charge is 2.42. The molecule has 0 aromatic carbocycles. The number of nitrogens with zero attached hydrogens (tertiary/aromatic N) is 3. The van der Waals surface area contributed by atoms with Gasteiger partial charge in [0.1, 0.15) is 6.04 Å². The molecule has 0 bridgehead atoms.